The molecule has 0 radical (unpaired) electrons. The molecule has 1 amide bonds. The van der Waals surface area contributed by atoms with Crippen molar-refractivity contribution in [2.75, 3.05) is 17.3 Å². The fourth-order valence-corrected chi connectivity index (χ4v) is 3.36. The molecule has 0 aromatic heterocycles. The maximum Gasteiger partial charge on any atom is 0.268 e. The van der Waals surface area contributed by atoms with Crippen LogP contribution in [0.5, 0.6) is 0 Å². The molecule has 0 fully saturated rings. The molecule has 1 heterocycles. The molecule has 0 saturated heterocycles. The highest BCUT2D eigenvalue weighted by Crippen LogP contribution is 2.29. The minimum absolute atomic E-state index is 0.0712. The molecule has 25 heavy (non-hydrogen) atoms. The van der Waals surface area contributed by atoms with Crippen molar-refractivity contribution in [3.05, 3.63) is 53.3 Å². The summed E-state index contributed by atoms with van der Waals surface area (Å²) in [6, 6.07) is 4.75. The van der Waals surface area contributed by atoms with Gasteiger partial charge < -0.3 is 10.6 Å². The summed E-state index contributed by atoms with van der Waals surface area (Å²) in [5.41, 5.74) is -0.311. The van der Waals surface area contributed by atoms with Crippen molar-refractivity contribution in [1.29, 1.82) is 0 Å². The maximum atomic E-state index is 13.2. The highest BCUT2D eigenvalue weighted by Gasteiger charge is 2.31. The summed E-state index contributed by atoms with van der Waals surface area (Å²) in [6.07, 6.45) is 0. The van der Waals surface area contributed by atoms with E-state index in [4.69, 9.17) is 0 Å². The molecule has 0 aliphatic carbocycles. The highest BCUT2D eigenvalue weighted by atomic mass is 32.2. The molecule has 7 nitrogen and oxygen atoms in total. The van der Waals surface area contributed by atoms with Crippen LogP contribution in [-0.4, -0.2) is 30.7 Å². The van der Waals surface area contributed by atoms with Crippen molar-refractivity contribution < 1.29 is 31.6 Å². The van der Waals surface area contributed by atoms with Gasteiger partial charge in [-0.05, 0) is 18.2 Å². The first-order valence-electron chi connectivity index (χ1n) is 6.75. The quantitative estimate of drug-likeness (QED) is 0.701. The average molecular weight is 373 g/mol. The average Bonchev–Trinajstić information content (AvgIpc) is 2.56. The number of benzene rings is 2. The van der Waals surface area contributed by atoms with Crippen molar-refractivity contribution in [3.63, 3.8) is 0 Å². The topological polar surface area (TPSA) is 98.7 Å². The summed E-state index contributed by atoms with van der Waals surface area (Å²) < 4.78 is 63.4. The van der Waals surface area contributed by atoms with Crippen LogP contribution in [0.25, 0.3) is 0 Å². The zero-order valence-electron chi connectivity index (χ0n) is 12.3. The molecule has 1 aliphatic heterocycles. The molecule has 2 aromatic carbocycles. The van der Waals surface area contributed by atoms with E-state index in [1.165, 1.54) is 12.1 Å². The van der Waals surface area contributed by atoms with E-state index in [0.717, 1.165) is 6.07 Å². The number of anilines is 2. The van der Waals surface area contributed by atoms with Crippen LogP contribution in [0.2, 0.25) is 0 Å². The third-order valence-electron chi connectivity index (χ3n) is 3.45. The Morgan fingerprint density at radius 1 is 1.16 bits per heavy atom. The van der Waals surface area contributed by atoms with Gasteiger partial charge in [0.25, 0.3) is 15.9 Å². The van der Waals surface area contributed by atoms with Gasteiger partial charge >= 0.3 is 0 Å². The van der Waals surface area contributed by atoms with Gasteiger partial charge in [-0.2, -0.15) is 0 Å². The fraction of sp³-hybridized carbons (Fsp3) is 0.0714. The zero-order valence-corrected chi connectivity index (χ0v) is 13.1. The lowest BCUT2D eigenvalue weighted by Crippen LogP contribution is -2.37. The minimum atomic E-state index is -4.19. The first-order chi connectivity index (χ1) is 11.7. The minimum Gasteiger partial charge on any atom is -0.368 e. The van der Waals surface area contributed by atoms with Crippen molar-refractivity contribution in [2.24, 2.45) is 0 Å². The van der Waals surface area contributed by atoms with Crippen LogP contribution < -0.4 is 10.6 Å². The zero-order chi connectivity index (χ0) is 18.4. The van der Waals surface area contributed by atoms with E-state index in [1.807, 2.05) is 0 Å². The van der Waals surface area contributed by atoms with Gasteiger partial charge in [0.15, 0.2) is 17.5 Å². The number of sulfonamides is 1. The number of amides is 1. The van der Waals surface area contributed by atoms with E-state index in [-0.39, 0.29) is 33.0 Å². The Bertz CT molecular complexity index is 958. The molecule has 0 saturated carbocycles. The van der Waals surface area contributed by atoms with E-state index in [0.29, 0.717) is 12.1 Å². The van der Waals surface area contributed by atoms with Gasteiger partial charge in [0.05, 0.1) is 5.69 Å². The van der Waals surface area contributed by atoms with Gasteiger partial charge in [-0.1, -0.05) is 4.47 Å². The normalized spacial score (nSPS) is 16.0. The molecule has 3 N–H and O–H groups in total. The lowest BCUT2D eigenvalue weighted by atomic mass is 10.2. The van der Waals surface area contributed by atoms with Crippen LogP contribution >= 0.6 is 0 Å². The number of halogens is 3. The number of hydroxylamine groups is 1. The highest BCUT2D eigenvalue weighted by molar-refractivity contribution is 7.89. The third kappa shape index (κ3) is 3.04. The Morgan fingerprint density at radius 2 is 1.80 bits per heavy atom. The Labute approximate surface area is 139 Å². The molecule has 0 bridgehead atoms. The van der Waals surface area contributed by atoms with Gasteiger partial charge in [-0.25, -0.2) is 21.6 Å². The second kappa shape index (κ2) is 6.02. The van der Waals surface area contributed by atoms with Crippen molar-refractivity contribution >= 4 is 27.3 Å². The molecule has 132 valence electrons. The van der Waals surface area contributed by atoms with Gasteiger partial charge in [0.1, 0.15) is 11.6 Å². The van der Waals surface area contributed by atoms with Gasteiger partial charge in [0.2, 0.25) is 0 Å². The summed E-state index contributed by atoms with van der Waals surface area (Å²) in [5, 5.41) is 14.2. The van der Waals surface area contributed by atoms with Gasteiger partial charge in [0, 0.05) is 23.4 Å². The van der Waals surface area contributed by atoms with E-state index < -0.39 is 33.4 Å². The Balaban J connectivity index is 1.93. The first kappa shape index (κ1) is 17.2. The molecule has 0 atom stereocenters. The van der Waals surface area contributed by atoms with Gasteiger partial charge in [-0.3, -0.25) is 10.0 Å². The number of nitrogens with one attached hydrogen (secondary N) is 2. The Kier molecular flexibility index (Phi) is 4.14. The molecular weight excluding hydrogens is 363 g/mol. The molecule has 0 unspecified atom stereocenters. The number of carbonyl (C=O) groups excluding carboxylic acids is 1. The molecule has 0 spiro atoms. The number of nitrogens with zero attached hydrogens (tertiary/aromatic N) is 1. The standard InChI is InChI=1S/C14H10F3N3O4S/c15-9-4-8(5-10(16)13(9)17)19-14(21)7-1-2-11-12(3-7)25(23,24)20(22)6-18-11/h1-5,18,22H,6H2,(H,19,21). The van der Waals surface area contributed by atoms with Crippen molar-refractivity contribution in [2.45, 2.75) is 4.90 Å². The lowest BCUT2D eigenvalue weighted by Gasteiger charge is -2.24. The van der Waals surface area contributed by atoms with Crippen LogP contribution in [-0.2, 0) is 10.0 Å². The van der Waals surface area contributed by atoms with Crippen LogP contribution in [0.3, 0.4) is 0 Å². The Morgan fingerprint density at radius 3 is 2.44 bits per heavy atom. The predicted octanol–water partition coefficient (Wildman–Crippen LogP) is 2.12. The number of hydrogen-bond donors (Lipinski definition) is 3. The molecule has 11 heteroatoms. The van der Waals surface area contributed by atoms with Crippen LogP contribution in [0, 0.1) is 17.5 Å². The second-order valence-corrected chi connectivity index (χ2v) is 6.89. The number of fused-ring (bicyclic) bond motifs is 1. The second-order valence-electron chi connectivity index (χ2n) is 5.08. The third-order valence-corrected chi connectivity index (χ3v) is 5.02. The van der Waals surface area contributed by atoms with Crippen LogP contribution in [0.1, 0.15) is 10.4 Å². The Hall–Kier alpha value is -2.63. The predicted molar refractivity (Wildman–Crippen MR) is 80.0 cm³/mol. The maximum absolute atomic E-state index is 13.2. The van der Waals surface area contributed by atoms with E-state index in [1.54, 1.807) is 0 Å². The molecule has 1 aliphatic rings. The summed E-state index contributed by atoms with van der Waals surface area (Å²) in [7, 11) is -4.19. The number of hydrogen-bond acceptors (Lipinski definition) is 5. The monoisotopic (exact) mass is 373 g/mol. The number of rotatable bonds is 2. The van der Waals surface area contributed by atoms with Crippen LogP contribution in [0.15, 0.2) is 35.2 Å². The SMILES string of the molecule is O=C(Nc1cc(F)c(F)c(F)c1)c1ccc2c(c1)S(=O)(=O)N(O)CN2. The largest absolute Gasteiger partial charge is 0.368 e. The summed E-state index contributed by atoms with van der Waals surface area (Å²) in [5.74, 6) is -5.52. The summed E-state index contributed by atoms with van der Waals surface area (Å²) in [4.78, 5) is 11.8. The van der Waals surface area contributed by atoms with Crippen molar-refractivity contribution in [3.8, 4) is 0 Å². The van der Waals surface area contributed by atoms with E-state index >= 15 is 0 Å². The smallest absolute Gasteiger partial charge is 0.268 e. The first-order valence-corrected chi connectivity index (χ1v) is 8.19. The summed E-state index contributed by atoms with van der Waals surface area (Å²) in [6.45, 7) is -0.352. The lowest BCUT2D eigenvalue weighted by molar-refractivity contribution is 0.00882. The van der Waals surface area contributed by atoms with Crippen molar-refractivity contribution in [1.82, 2.24) is 4.47 Å². The van der Waals surface area contributed by atoms with Gasteiger partial charge in [-0.15, -0.1) is 0 Å². The molecule has 3 rings (SSSR count). The van der Waals surface area contributed by atoms with E-state index in [9.17, 15) is 31.6 Å². The molecular formula is C14H10F3N3O4S. The summed E-state index contributed by atoms with van der Waals surface area (Å²) >= 11 is 0. The van der Waals surface area contributed by atoms with Crippen LogP contribution in [0.4, 0.5) is 24.5 Å². The van der Waals surface area contributed by atoms with E-state index in [2.05, 4.69) is 10.6 Å². The number of carbonyl (C=O) groups is 1. The molecule has 2 aromatic rings. The fourth-order valence-electron chi connectivity index (χ4n) is 2.21.